The second-order valence-electron chi connectivity index (χ2n) is 4.59. The molecular formula is C16H14FN3. The van der Waals surface area contributed by atoms with Crippen LogP contribution in [-0.2, 0) is 6.54 Å². The van der Waals surface area contributed by atoms with Crippen molar-refractivity contribution in [3.8, 4) is 11.4 Å². The van der Waals surface area contributed by atoms with E-state index in [2.05, 4.69) is 4.98 Å². The summed E-state index contributed by atoms with van der Waals surface area (Å²) in [4.78, 5) is 4.36. The zero-order valence-electron chi connectivity index (χ0n) is 10.8. The Morgan fingerprint density at radius 2 is 1.90 bits per heavy atom. The van der Waals surface area contributed by atoms with Gasteiger partial charge in [0.25, 0.3) is 0 Å². The van der Waals surface area contributed by atoms with Gasteiger partial charge in [-0.25, -0.2) is 9.37 Å². The van der Waals surface area contributed by atoms with Crippen molar-refractivity contribution in [2.24, 2.45) is 0 Å². The minimum Gasteiger partial charge on any atom is -0.398 e. The Hall–Kier alpha value is -2.62. The third-order valence-electron chi connectivity index (χ3n) is 3.19. The zero-order valence-corrected chi connectivity index (χ0v) is 10.8. The molecule has 0 fully saturated rings. The number of anilines is 1. The number of nitrogen functional groups attached to an aromatic ring is 1. The van der Waals surface area contributed by atoms with Gasteiger partial charge in [-0.15, -0.1) is 0 Å². The Morgan fingerprint density at radius 3 is 2.70 bits per heavy atom. The molecule has 2 N–H and O–H groups in total. The first kappa shape index (κ1) is 12.4. The van der Waals surface area contributed by atoms with Crippen LogP contribution in [0.3, 0.4) is 0 Å². The third kappa shape index (κ3) is 2.40. The Balaban J connectivity index is 1.97. The molecule has 0 amide bonds. The molecule has 0 aliphatic carbocycles. The van der Waals surface area contributed by atoms with Gasteiger partial charge in [0.1, 0.15) is 11.6 Å². The highest BCUT2D eigenvalue weighted by molar-refractivity contribution is 5.56. The molecule has 1 aromatic heterocycles. The minimum absolute atomic E-state index is 0.282. The van der Waals surface area contributed by atoms with E-state index in [1.807, 2.05) is 41.1 Å². The zero-order chi connectivity index (χ0) is 13.9. The normalized spacial score (nSPS) is 10.7. The molecule has 0 radical (unpaired) electrons. The quantitative estimate of drug-likeness (QED) is 0.740. The molecular weight excluding hydrogens is 253 g/mol. The number of hydrogen-bond acceptors (Lipinski definition) is 2. The van der Waals surface area contributed by atoms with Crippen LogP contribution in [0.15, 0.2) is 60.9 Å². The van der Waals surface area contributed by atoms with Crippen molar-refractivity contribution in [2.75, 3.05) is 5.73 Å². The molecule has 0 bridgehead atoms. The molecule has 3 rings (SSSR count). The molecule has 4 heteroatoms. The highest BCUT2D eigenvalue weighted by Gasteiger charge is 2.08. The predicted molar refractivity (Wildman–Crippen MR) is 77.6 cm³/mol. The Labute approximate surface area is 116 Å². The second kappa shape index (κ2) is 5.17. The van der Waals surface area contributed by atoms with E-state index in [-0.39, 0.29) is 5.82 Å². The maximum atomic E-state index is 13.3. The Morgan fingerprint density at radius 1 is 1.10 bits per heavy atom. The van der Waals surface area contributed by atoms with Crippen LogP contribution in [-0.4, -0.2) is 9.55 Å². The maximum absolute atomic E-state index is 13.3. The van der Waals surface area contributed by atoms with Gasteiger partial charge in [-0.3, -0.25) is 0 Å². The largest absolute Gasteiger partial charge is 0.398 e. The van der Waals surface area contributed by atoms with E-state index in [4.69, 9.17) is 5.73 Å². The van der Waals surface area contributed by atoms with E-state index < -0.39 is 0 Å². The van der Waals surface area contributed by atoms with Gasteiger partial charge < -0.3 is 10.3 Å². The van der Waals surface area contributed by atoms with Crippen LogP contribution in [0.4, 0.5) is 10.1 Å². The first-order chi connectivity index (χ1) is 9.74. The van der Waals surface area contributed by atoms with Gasteiger partial charge in [0.2, 0.25) is 0 Å². The summed E-state index contributed by atoms with van der Waals surface area (Å²) in [5.41, 5.74) is 8.25. The lowest BCUT2D eigenvalue weighted by Crippen LogP contribution is -2.04. The van der Waals surface area contributed by atoms with Gasteiger partial charge in [-0.05, 0) is 23.8 Å². The standard InChI is InChI=1S/C16H14FN3/c17-14-6-7-15(18)13(10-14)11-20-9-8-19-16(20)12-4-2-1-3-5-12/h1-10H,11,18H2. The number of nitrogens with zero attached hydrogens (tertiary/aromatic N) is 2. The first-order valence-corrected chi connectivity index (χ1v) is 6.34. The predicted octanol–water partition coefficient (Wildman–Crippen LogP) is 3.32. The fourth-order valence-electron chi connectivity index (χ4n) is 2.18. The van der Waals surface area contributed by atoms with Gasteiger partial charge >= 0.3 is 0 Å². The summed E-state index contributed by atoms with van der Waals surface area (Å²) in [5, 5.41) is 0. The maximum Gasteiger partial charge on any atom is 0.140 e. The second-order valence-corrected chi connectivity index (χ2v) is 4.59. The van der Waals surface area contributed by atoms with Gasteiger partial charge in [-0.1, -0.05) is 30.3 Å². The molecule has 3 aromatic rings. The van der Waals surface area contributed by atoms with Crippen molar-refractivity contribution in [2.45, 2.75) is 6.54 Å². The monoisotopic (exact) mass is 267 g/mol. The number of aromatic nitrogens is 2. The molecule has 100 valence electrons. The minimum atomic E-state index is -0.282. The summed E-state index contributed by atoms with van der Waals surface area (Å²) < 4.78 is 15.3. The van der Waals surface area contributed by atoms with Crippen molar-refractivity contribution < 1.29 is 4.39 Å². The summed E-state index contributed by atoms with van der Waals surface area (Å²) in [6, 6.07) is 14.3. The molecule has 0 aliphatic rings. The molecule has 0 saturated heterocycles. The molecule has 20 heavy (non-hydrogen) atoms. The van der Waals surface area contributed by atoms with E-state index in [0.29, 0.717) is 12.2 Å². The average molecular weight is 267 g/mol. The fourth-order valence-corrected chi connectivity index (χ4v) is 2.18. The average Bonchev–Trinajstić information content (AvgIpc) is 2.92. The summed E-state index contributed by atoms with van der Waals surface area (Å²) in [6.45, 7) is 0.494. The Kier molecular flexibility index (Phi) is 3.21. The fraction of sp³-hybridized carbons (Fsp3) is 0.0625. The lowest BCUT2D eigenvalue weighted by atomic mass is 10.1. The van der Waals surface area contributed by atoms with Gasteiger partial charge in [0.15, 0.2) is 0 Å². The van der Waals surface area contributed by atoms with Crippen molar-refractivity contribution >= 4 is 5.69 Å². The van der Waals surface area contributed by atoms with Gasteiger partial charge in [0, 0.05) is 23.6 Å². The Bertz CT molecular complexity index is 720. The van der Waals surface area contributed by atoms with Crippen molar-refractivity contribution in [3.63, 3.8) is 0 Å². The molecule has 2 aromatic carbocycles. The van der Waals surface area contributed by atoms with Gasteiger partial charge in [0.05, 0.1) is 6.54 Å². The number of imidazole rings is 1. The topological polar surface area (TPSA) is 43.8 Å². The smallest absolute Gasteiger partial charge is 0.140 e. The van der Waals surface area contributed by atoms with E-state index in [9.17, 15) is 4.39 Å². The summed E-state index contributed by atoms with van der Waals surface area (Å²) in [5.74, 6) is 0.560. The van der Waals surface area contributed by atoms with E-state index in [0.717, 1.165) is 17.0 Å². The van der Waals surface area contributed by atoms with E-state index >= 15 is 0 Å². The van der Waals surface area contributed by atoms with Crippen molar-refractivity contribution in [1.29, 1.82) is 0 Å². The molecule has 1 heterocycles. The molecule has 0 unspecified atom stereocenters. The van der Waals surface area contributed by atoms with Crippen LogP contribution in [0.2, 0.25) is 0 Å². The van der Waals surface area contributed by atoms with E-state index in [1.54, 1.807) is 12.3 Å². The van der Waals surface area contributed by atoms with Crippen molar-refractivity contribution in [3.05, 3.63) is 72.3 Å². The van der Waals surface area contributed by atoms with Crippen LogP contribution in [0.1, 0.15) is 5.56 Å². The van der Waals surface area contributed by atoms with Crippen LogP contribution in [0, 0.1) is 5.82 Å². The number of nitrogens with two attached hydrogens (primary N) is 1. The third-order valence-corrected chi connectivity index (χ3v) is 3.19. The van der Waals surface area contributed by atoms with Crippen molar-refractivity contribution in [1.82, 2.24) is 9.55 Å². The summed E-state index contributed by atoms with van der Waals surface area (Å²) >= 11 is 0. The molecule has 0 spiro atoms. The molecule has 0 aliphatic heterocycles. The van der Waals surface area contributed by atoms with Crippen LogP contribution >= 0.6 is 0 Å². The summed E-state index contributed by atoms with van der Waals surface area (Å²) in [7, 11) is 0. The number of rotatable bonds is 3. The molecule has 3 nitrogen and oxygen atoms in total. The van der Waals surface area contributed by atoms with Gasteiger partial charge in [-0.2, -0.15) is 0 Å². The number of halogens is 1. The lowest BCUT2D eigenvalue weighted by molar-refractivity contribution is 0.624. The molecule has 0 atom stereocenters. The summed E-state index contributed by atoms with van der Waals surface area (Å²) in [6.07, 6.45) is 3.60. The first-order valence-electron chi connectivity index (χ1n) is 6.34. The highest BCUT2D eigenvalue weighted by atomic mass is 19.1. The van der Waals surface area contributed by atoms with Crippen LogP contribution in [0.5, 0.6) is 0 Å². The van der Waals surface area contributed by atoms with E-state index in [1.165, 1.54) is 12.1 Å². The lowest BCUT2D eigenvalue weighted by Gasteiger charge is -2.10. The number of benzene rings is 2. The number of hydrogen-bond donors (Lipinski definition) is 1. The van der Waals surface area contributed by atoms with Crippen LogP contribution in [0.25, 0.3) is 11.4 Å². The molecule has 0 saturated carbocycles. The highest BCUT2D eigenvalue weighted by Crippen LogP contribution is 2.20. The van der Waals surface area contributed by atoms with Crippen LogP contribution < -0.4 is 5.73 Å². The SMILES string of the molecule is Nc1ccc(F)cc1Cn1ccnc1-c1ccccc1.